The van der Waals surface area contributed by atoms with Crippen LogP contribution in [0.5, 0.6) is 0 Å². The third-order valence-electron chi connectivity index (χ3n) is 3.03. The highest BCUT2D eigenvalue weighted by Gasteiger charge is 2.34. The fourth-order valence-corrected chi connectivity index (χ4v) is 2.02. The lowest BCUT2D eigenvalue weighted by Gasteiger charge is -2.19. The Morgan fingerprint density at radius 2 is 2.08 bits per heavy atom. The van der Waals surface area contributed by atoms with Gasteiger partial charge in [0.15, 0.2) is 0 Å². The number of methoxy groups -OCH3 is 1. The van der Waals surface area contributed by atoms with E-state index in [1.165, 1.54) is 6.42 Å². The summed E-state index contributed by atoms with van der Waals surface area (Å²) in [6, 6.07) is 0.276. The first-order valence-corrected chi connectivity index (χ1v) is 5.14. The molecule has 1 N–H and O–H groups in total. The Labute approximate surface area is 78.8 Å². The minimum atomic E-state index is 0.244. The second-order valence-corrected chi connectivity index (χ2v) is 4.09. The van der Waals surface area contributed by atoms with Crippen molar-refractivity contribution in [2.24, 2.45) is 5.92 Å². The SMILES string of the molecule is COC1CCCC1NC(=O)C1CC1. The van der Waals surface area contributed by atoms with E-state index in [9.17, 15) is 4.79 Å². The molecule has 13 heavy (non-hydrogen) atoms. The van der Waals surface area contributed by atoms with Crippen LogP contribution in [-0.4, -0.2) is 25.2 Å². The number of hydrogen-bond acceptors (Lipinski definition) is 2. The zero-order valence-corrected chi connectivity index (χ0v) is 8.08. The predicted molar refractivity (Wildman–Crippen MR) is 49.3 cm³/mol. The third kappa shape index (κ3) is 2.02. The summed E-state index contributed by atoms with van der Waals surface area (Å²) in [5.74, 6) is 0.562. The average Bonchev–Trinajstić information content (AvgIpc) is 2.88. The van der Waals surface area contributed by atoms with Crippen molar-refractivity contribution in [1.29, 1.82) is 0 Å². The molecule has 0 radical (unpaired) electrons. The van der Waals surface area contributed by atoms with Crippen molar-refractivity contribution < 1.29 is 9.53 Å². The lowest BCUT2D eigenvalue weighted by atomic mass is 10.2. The van der Waals surface area contributed by atoms with E-state index in [1.54, 1.807) is 7.11 Å². The number of hydrogen-bond donors (Lipinski definition) is 1. The largest absolute Gasteiger partial charge is 0.379 e. The van der Waals surface area contributed by atoms with E-state index in [4.69, 9.17) is 4.74 Å². The minimum Gasteiger partial charge on any atom is -0.379 e. The maximum absolute atomic E-state index is 11.5. The van der Waals surface area contributed by atoms with Gasteiger partial charge in [-0.05, 0) is 32.1 Å². The van der Waals surface area contributed by atoms with Crippen molar-refractivity contribution in [3.8, 4) is 0 Å². The Balaban J connectivity index is 1.82. The Hall–Kier alpha value is -0.570. The van der Waals surface area contributed by atoms with Crippen molar-refractivity contribution in [1.82, 2.24) is 5.32 Å². The first kappa shape index (κ1) is 9.00. The molecule has 74 valence electrons. The van der Waals surface area contributed by atoms with Gasteiger partial charge in [-0.2, -0.15) is 0 Å². The molecule has 0 aromatic heterocycles. The van der Waals surface area contributed by atoms with Gasteiger partial charge in [0.05, 0.1) is 12.1 Å². The molecule has 2 aliphatic carbocycles. The predicted octanol–water partition coefficient (Wildman–Crippen LogP) is 1.08. The third-order valence-corrected chi connectivity index (χ3v) is 3.03. The fraction of sp³-hybridized carbons (Fsp3) is 0.900. The van der Waals surface area contributed by atoms with Crippen molar-refractivity contribution >= 4 is 5.91 Å². The Morgan fingerprint density at radius 1 is 1.31 bits per heavy atom. The summed E-state index contributed by atoms with van der Waals surface area (Å²) in [6.07, 6.45) is 5.76. The lowest BCUT2D eigenvalue weighted by molar-refractivity contribution is -0.123. The van der Waals surface area contributed by atoms with Crippen LogP contribution in [0.15, 0.2) is 0 Å². The molecule has 0 aromatic rings. The van der Waals surface area contributed by atoms with Gasteiger partial charge in [0.1, 0.15) is 0 Å². The topological polar surface area (TPSA) is 38.3 Å². The molecule has 0 saturated heterocycles. The van der Waals surface area contributed by atoms with E-state index in [2.05, 4.69) is 5.32 Å². The quantitative estimate of drug-likeness (QED) is 0.711. The smallest absolute Gasteiger partial charge is 0.223 e. The van der Waals surface area contributed by atoms with E-state index in [1.807, 2.05) is 0 Å². The summed E-state index contributed by atoms with van der Waals surface area (Å²) in [5.41, 5.74) is 0. The molecule has 2 saturated carbocycles. The molecule has 3 nitrogen and oxygen atoms in total. The van der Waals surface area contributed by atoms with E-state index in [0.717, 1.165) is 25.7 Å². The number of ether oxygens (including phenoxy) is 1. The van der Waals surface area contributed by atoms with E-state index >= 15 is 0 Å². The van der Waals surface area contributed by atoms with Crippen LogP contribution in [-0.2, 0) is 9.53 Å². The van der Waals surface area contributed by atoms with Crippen molar-refractivity contribution in [3.63, 3.8) is 0 Å². The molecule has 0 spiro atoms. The molecule has 3 heteroatoms. The summed E-state index contributed by atoms with van der Waals surface area (Å²) in [6.45, 7) is 0. The molecule has 0 aromatic carbocycles. The van der Waals surface area contributed by atoms with Gasteiger partial charge in [-0.1, -0.05) is 0 Å². The first-order chi connectivity index (χ1) is 6.31. The maximum atomic E-state index is 11.5. The van der Waals surface area contributed by atoms with Crippen molar-refractivity contribution in [3.05, 3.63) is 0 Å². The van der Waals surface area contributed by atoms with Gasteiger partial charge in [0.2, 0.25) is 5.91 Å². The molecule has 2 rings (SSSR count). The van der Waals surface area contributed by atoms with Crippen LogP contribution in [0.4, 0.5) is 0 Å². The van der Waals surface area contributed by atoms with Gasteiger partial charge in [-0.15, -0.1) is 0 Å². The number of carbonyl (C=O) groups excluding carboxylic acids is 1. The van der Waals surface area contributed by atoms with Crippen molar-refractivity contribution in [2.75, 3.05) is 7.11 Å². The van der Waals surface area contributed by atoms with Gasteiger partial charge >= 0.3 is 0 Å². The lowest BCUT2D eigenvalue weighted by Crippen LogP contribution is -2.41. The van der Waals surface area contributed by atoms with Gasteiger partial charge in [-0.3, -0.25) is 4.79 Å². The van der Waals surface area contributed by atoms with Crippen LogP contribution in [0.25, 0.3) is 0 Å². The van der Waals surface area contributed by atoms with Crippen LogP contribution >= 0.6 is 0 Å². The Bertz CT molecular complexity index is 201. The summed E-state index contributed by atoms with van der Waals surface area (Å²) in [5, 5.41) is 3.08. The molecular weight excluding hydrogens is 166 g/mol. The molecule has 1 amide bonds. The van der Waals surface area contributed by atoms with Gasteiger partial charge in [0, 0.05) is 13.0 Å². The number of rotatable bonds is 3. The molecule has 0 bridgehead atoms. The normalized spacial score (nSPS) is 33.3. The van der Waals surface area contributed by atoms with Gasteiger partial charge in [0.25, 0.3) is 0 Å². The van der Waals surface area contributed by atoms with Crippen LogP contribution in [0.1, 0.15) is 32.1 Å². The van der Waals surface area contributed by atoms with Crippen LogP contribution in [0.3, 0.4) is 0 Å². The minimum absolute atomic E-state index is 0.244. The van der Waals surface area contributed by atoms with E-state index in [0.29, 0.717) is 5.92 Å². The van der Waals surface area contributed by atoms with Crippen LogP contribution in [0.2, 0.25) is 0 Å². The average molecular weight is 183 g/mol. The molecule has 2 atom stereocenters. The Kier molecular flexibility index (Phi) is 2.54. The van der Waals surface area contributed by atoms with Crippen LogP contribution < -0.4 is 5.32 Å². The van der Waals surface area contributed by atoms with Gasteiger partial charge < -0.3 is 10.1 Å². The van der Waals surface area contributed by atoms with Crippen LogP contribution in [0, 0.1) is 5.92 Å². The molecule has 2 aliphatic rings. The van der Waals surface area contributed by atoms with Crippen molar-refractivity contribution in [2.45, 2.75) is 44.2 Å². The summed E-state index contributed by atoms with van der Waals surface area (Å²) < 4.78 is 5.31. The maximum Gasteiger partial charge on any atom is 0.223 e. The summed E-state index contributed by atoms with van der Waals surface area (Å²) in [7, 11) is 1.73. The monoisotopic (exact) mass is 183 g/mol. The molecule has 0 heterocycles. The molecular formula is C10H17NO2. The second-order valence-electron chi connectivity index (χ2n) is 4.09. The highest BCUT2D eigenvalue weighted by molar-refractivity contribution is 5.81. The van der Waals surface area contributed by atoms with E-state index < -0.39 is 0 Å². The number of amides is 1. The molecule has 2 unspecified atom stereocenters. The Morgan fingerprint density at radius 3 is 2.69 bits per heavy atom. The highest BCUT2D eigenvalue weighted by atomic mass is 16.5. The second kappa shape index (κ2) is 3.66. The number of carbonyl (C=O) groups is 1. The molecule has 2 fully saturated rings. The van der Waals surface area contributed by atoms with E-state index in [-0.39, 0.29) is 18.1 Å². The summed E-state index contributed by atoms with van der Waals surface area (Å²) in [4.78, 5) is 11.5. The zero-order chi connectivity index (χ0) is 9.26. The zero-order valence-electron chi connectivity index (χ0n) is 8.08. The van der Waals surface area contributed by atoms with Gasteiger partial charge in [-0.25, -0.2) is 0 Å². The standard InChI is InChI=1S/C10H17NO2/c1-13-9-4-2-3-8(9)11-10(12)7-5-6-7/h7-9H,2-6H2,1H3,(H,11,12). The summed E-state index contributed by atoms with van der Waals surface area (Å²) >= 11 is 0. The number of nitrogens with one attached hydrogen (secondary N) is 1. The highest BCUT2D eigenvalue weighted by Crippen LogP contribution is 2.30. The molecule has 0 aliphatic heterocycles. The first-order valence-electron chi connectivity index (χ1n) is 5.14. The fourth-order valence-electron chi connectivity index (χ4n) is 2.02.